The maximum Gasteiger partial charge on any atom is 0.321 e. The van der Waals surface area contributed by atoms with Crippen molar-refractivity contribution in [2.45, 2.75) is 32.6 Å². The number of fused-ring (bicyclic) bond motifs is 1. The number of hydrogen-bond donors (Lipinski definition) is 2. The van der Waals surface area contributed by atoms with Gasteiger partial charge in [-0.25, -0.2) is 9.78 Å². The zero-order chi connectivity index (χ0) is 16.1. The number of ether oxygens (including phenoxy) is 1. The molecule has 1 aromatic carbocycles. The number of aryl methyl sites for hydroxylation is 3. The van der Waals surface area contributed by atoms with E-state index in [1.165, 1.54) is 23.3 Å². The first-order chi connectivity index (χ1) is 11.2. The predicted molar refractivity (Wildman–Crippen MR) is 92.5 cm³/mol. The second-order valence-electron chi connectivity index (χ2n) is 5.64. The molecule has 3 rings (SSSR count). The maximum atomic E-state index is 11.9. The number of thiazole rings is 1. The van der Waals surface area contributed by atoms with E-state index in [1.54, 1.807) is 11.3 Å². The Labute approximate surface area is 140 Å². The number of rotatable bonds is 5. The molecule has 23 heavy (non-hydrogen) atoms. The fourth-order valence-corrected chi connectivity index (χ4v) is 3.56. The summed E-state index contributed by atoms with van der Waals surface area (Å²) >= 11 is 1.59. The molecule has 0 atom stereocenters. The molecule has 0 radical (unpaired) electrons. The number of amides is 2. The molecular formula is C17H21N3O2S. The van der Waals surface area contributed by atoms with E-state index >= 15 is 0 Å². The molecule has 6 heteroatoms. The molecule has 0 fully saturated rings. The molecule has 2 aromatic rings. The van der Waals surface area contributed by atoms with Crippen molar-refractivity contribution < 1.29 is 9.53 Å². The minimum atomic E-state index is -0.233. The number of aromatic nitrogens is 1. The molecule has 0 saturated heterocycles. The summed E-state index contributed by atoms with van der Waals surface area (Å²) in [5.74, 6) is 0.811. The normalized spacial score (nSPS) is 13.3. The number of urea groups is 1. The van der Waals surface area contributed by atoms with Gasteiger partial charge in [-0.05, 0) is 44.7 Å². The van der Waals surface area contributed by atoms with Gasteiger partial charge in [0.25, 0.3) is 0 Å². The van der Waals surface area contributed by atoms with Crippen LogP contribution in [-0.4, -0.2) is 24.2 Å². The van der Waals surface area contributed by atoms with Crippen molar-refractivity contribution in [3.63, 3.8) is 0 Å². The average molecular weight is 331 g/mol. The van der Waals surface area contributed by atoms with Crippen LogP contribution in [-0.2, 0) is 12.8 Å². The van der Waals surface area contributed by atoms with Gasteiger partial charge in [-0.2, -0.15) is 0 Å². The molecule has 0 unspecified atom stereocenters. The molecular weight excluding hydrogens is 310 g/mol. The predicted octanol–water partition coefficient (Wildman–Crippen LogP) is 3.53. The quantitative estimate of drug-likeness (QED) is 0.824. The Morgan fingerprint density at radius 2 is 2.04 bits per heavy atom. The van der Waals surface area contributed by atoms with E-state index in [-0.39, 0.29) is 6.03 Å². The van der Waals surface area contributed by atoms with Gasteiger partial charge in [0.15, 0.2) is 5.13 Å². The van der Waals surface area contributed by atoms with E-state index in [0.717, 1.165) is 24.3 Å². The molecule has 2 amide bonds. The van der Waals surface area contributed by atoms with E-state index in [2.05, 4.69) is 15.6 Å². The average Bonchev–Trinajstić information content (AvgIpc) is 2.95. The van der Waals surface area contributed by atoms with Crippen LogP contribution in [0.15, 0.2) is 24.3 Å². The fourth-order valence-electron chi connectivity index (χ4n) is 2.51. The third-order valence-electron chi connectivity index (χ3n) is 3.74. The van der Waals surface area contributed by atoms with E-state index in [9.17, 15) is 4.79 Å². The smallest absolute Gasteiger partial charge is 0.321 e. The van der Waals surface area contributed by atoms with Gasteiger partial charge in [0.1, 0.15) is 12.4 Å². The van der Waals surface area contributed by atoms with Crippen molar-refractivity contribution in [1.82, 2.24) is 10.3 Å². The zero-order valence-corrected chi connectivity index (χ0v) is 14.0. The van der Waals surface area contributed by atoms with Crippen LogP contribution in [0.4, 0.5) is 9.93 Å². The molecule has 122 valence electrons. The third-order valence-corrected chi connectivity index (χ3v) is 4.82. The Kier molecular flexibility index (Phi) is 5.12. The van der Waals surface area contributed by atoms with Gasteiger partial charge in [0, 0.05) is 4.88 Å². The second-order valence-corrected chi connectivity index (χ2v) is 6.72. The first-order valence-corrected chi connectivity index (χ1v) is 8.75. The minimum Gasteiger partial charge on any atom is -0.492 e. The molecule has 5 nitrogen and oxygen atoms in total. The van der Waals surface area contributed by atoms with Gasteiger partial charge in [0.05, 0.1) is 12.2 Å². The van der Waals surface area contributed by atoms with Crippen LogP contribution in [0.5, 0.6) is 5.75 Å². The number of anilines is 1. The maximum absolute atomic E-state index is 11.9. The van der Waals surface area contributed by atoms with Crippen LogP contribution < -0.4 is 15.4 Å². The van der Waals surface area contributed by atoms with E-state index in [0.29, 0.717) is 18.3 Å². The van der Waals surface area contributed by atoms with Crippen molar-refractivity contribution in [2.24, 2.45) is 0 Å². The van der Waals surface area contributed by atoms with Crippen molar-refractivity contribution in [3.8, 4) is 5.75 Å². The summed E-state index contributed by atoms with van der Waals surface area (Å²) in [4.78, 5) is 17.7. The van der Waals surface area contributed by atoms with Crippen LogP contribution in [0.25, 0.3) is 0 Å². The van der Waals surface area contributed by atoms with E-state index in [1.807, 2.05) is 31.2 Å². The molecule has 2 N–H and O–H groups in total. The van der Waals surface area contributed by atoms with Crippen molar-refractivity contribution in [2.75, 3.05) is 18.5 Å². The Hall–Kier alpha value is -2.08. The number of benzene rings is 1. The van der Waals surface area contributed by atoms with Gasteiger partial charge in [-0.15, -0.1) is 11.3 Å². The lowest BCUT2D eigenvalue weighted by Crippen LogP contribution is -2.32. The molecule has 0 bridgehead atoms. The van der Waals surface area contributed by atoms with Gasteiger partial charge in [-0.3, -0.25) is 5.32 Å². The van der Waals surface area contributed by atoms with Gasteiger partial charge >= 0.3 is 6.03 Å². The molecule has 0 spiro atoms. The highest BCUT2D eigenvalue weighted by molar-refractivity contribution is 7.15. The molecule has 1 aliphatic carbocycles. The highest BCUT2D eigenvalue weighted by atomic mass is 32.1. The van der Waals surface area contributed by atoms with Gasteiger partial charge in [0.2, 0.25) is 0 Å². The van der Waals surface area contributed by atoms with Crippen LogP contribution in [0.1, 0.15) is 29.0 Å². The van der Waals surface area contributed by atoms with E-state index < -0.39 is 0 Å². The standard InChI is InChI=1S/C17H21N3O2S/c1-12-6-8-13(9-7-12)22-11-10-18-16(21)20-17-19-14-4-2-3-5-15(14)23-17/h6-9H,2-5,10-11H2,1H3,(H2,18,19,20,21). The summed E-state index contributed by atoms with van der Waals surface area (Å²) in [6.07, 6.45) is 4.52. The molecule has 1 heterocycles. The number of nitrogens with one attached hydrogen (secondary N) is 2. The van der Waals surface area contributed by atoms with Crippen LogP contribution in [0.2, 0.25) is 0 Å². The highest BCUT2D eigenvalue weighted by Crippen LogP contribution is 2.29. The summed E-state index contributed by atoms with van der Waals surface area (Å²) in [6.45, 7) is 2.92. The Balaban J connectivity index is 1.39. The van der Waals surface area contributed by atoms with Crippen molar-refractivity contribution in [1.29, 1.82) is 0 Å². The molecule has 0 aliphatic heterocycles. The van der Waals surface area contributed by atoms with Crippen molar-refractivity contribution >= 4 is 22.5 Å². The number of nitrogens with zero attached hydrogens (tertiary/aromatic N) is 1. The Morgan fingerprint density at radius 3 is 2.83 bits per heavy atom. The Morgan fingerprint density at radius 1 is 1.26 bits per heavy atom. The topological polar surface area (TPSA) is 63.2 Å². The summed E-state index contributed by atoms with van der Waals surface area (Å²) in [7, 11) is 0. The molecule has 0 saturated carbocycles. The first-order valence-electron chi connectivity index (χ1n) is 7.93. The molecule has 1 aliphatic rings. The van der Waals surface area contributed by atoms with E-state index in [4.69, 9.17) is 4.74 Å². The summed E-state index contributed by atoms with van der Waals surface area (Å²) < 4.78 is 5.57. The first kappa shape index (κ1) is 15.8. The fraction of sp³-hybridized carbons (Fsp3) is 0.412. The third kappa shape index (κ3) is 4.45. The van der Waals surface area contributed by atoms with Crippen molar-refractivity contribution in [3.05, 3.63) is 40.4 Å². The summed E-state index contributed by atoms with van der Waals surface area (Å²) in [5.41, 5.74) is 2.35. The largest absolute Gasteiger partial charge is 0.492 e. The Bertz CT molecular complexity index is 643. The number of hydrogen-bond acceptors (Lipinski definition) is 4. The summed E-state index contributed by atoms with van der Waals surface area (Å²) in [6, 6.07) is 7.62. The van der Waals surface area contributed by atoms with Gasteiger partial charge < -0.3 is 10.1 Å². The lowest BCUT2D eigenvalue weighted by molar-refractivity contribution is 0.247. The number of carbonyl (C=O) groups is 1. The van der Waals surface area contributed by atoms with Crippen LogP contribution >= 0.6 is 11.3 Å². The molecule has 1 aromatic heterocycles. The van der Waals surface area contributed by atoms with Crippen LogP contribution in [0.3, 0.4) is 0 Å². The van der Waals surface area contributed by atoms with Crippen LogP contribution in [0, 0.1) is 6.92 Å². The SMILES string of the molecule is Cc1ccc(OCCNC(=O)Nc2nc3c(s2)CCCC3)cc1. The van der Waals surface area contributed by atoms with Gasteiger partial charge in [-0.1, -0.05) is 17.7 Å². The lowest BCUT2D eigenvalue weighted by atomic mass is 10.0. The summed E-state index contributed by atoms with van der Waals surface area (Å²) in [5, 5.41) is 6.28. The number of carbonyl (C=O) groups excluding carboxylic acids is 1. The minimum absolute atomic E-state index is 0.233. The lowest BCUT2D eigenvalue weighted by Gasteiger charge is -2.08. The monoisotopic (exact) mass is 331 g/mol. The second kappa shape index (κ2) is 7.46. The zero-order valence-electron chi connectivity index (χ0n) is 13.2. The highest BCUT2D eigenvalue weighted by Gasteiger charge is 2.16.